The van der Waals surface area contributed by atoms with Crippen LogP contribution in [0.5, 0.6) is 0 Å². The quantitative estimate of drug-likeness (QED) is 0.449. The van der Waals surface area contributed by atoms with E-state index in [9.17, 15) is 0 Å². The van der Waals surface area contributed by atoms with Gasteiger partial charge in [0, 0.05) is 6.26 Å². The molecule has 0 amide bonds. The number of nitrogens with zero attached hydrogens (tertiary/aromatic N) is 2. The Bertz CT molecular complexity index is 405. The second kappa shape index (κ2) is 9.10. The molecule has 1 heterocycles. The molecule has 106 valence electrons. The Hall–Kier alpha value is -0.880. The molecule has 0 fully saturated rings. The largest absolute Gasteiger partial charge is 0.748 e. The van der Waals surface area contributed by atoms with E-state index in [4.69, 9.17) is 13.0 Å². The first kappa shape index (κ1) is 17.1. The van der Waals surface area contributed by atoms with Crippen molar-refractivity contribution in [2.45, 2.75) is 52.6 Å². The summed E-state index contributed by atoms with van der Waals surface area (Å²) in [5, 5.41) is 0. The van der Waals surface area contributed by atoms with Crippen molar-refractivity contribution in [3.8, 4) is 0 Å². The van der Waals surface area contributed by atoms with Gasteiger partial charge in [-0.25, -0.2) is 17.6 Å². The molecule has 0 aliphatic rings. The lowest BCUT2D eigenvalue weighted by Gasteiger charge is -1.95. The van der Waals surface area contributed by atoms with Gasteiger partial charge in [0.1, 0.15) is 12.4 Å². The van der Waals surface area contributed by atoms with Gasteiger partial charge in [0.2, 0.25) is 6.33 Å². The first-order valence-electron chi connectivity index (χ1n) is 6.32. The molecule has 0 saturated carbocycles. The van der Waals surface area contributed by atoms with Crippen LogP contribution in [0.25, 0.3) is 0 Å². The summed E-state index contributed by atoms with van der Waals surface area (Å²) in [6, 6.07) is 0. The van der Waals surface area contributed by atoms with Crippen LogP contribution in [0.1, 0.15) is 39.5 Å². The second-order valence-electron chi connectivity index (χ2n) is 4.25. The van der Waals surface area contributed by atoms with E-state index < -0.39 is 10.1 Å². The third-order valence-corrected chi connectivity index (χ3v) is 2.38. The third-order valence-electron chi connectivity index (χ3n) is 2.38. The summed E-state index contributed by atoms with van der Waals surface area (Å²) in [5.74, 6) is 0. The van der Waals surface area contributed by atoms with E-state index in [1.54, 1.807) is 0 Å². The molecule has 0 bridgehead atoms. The van der Waals surface area contributed by atoms with Gasteiger partial charge < -0.3 is 4.55 Å². The van der Waals surface area contributed by atoms with E-state index in [1.807, 2.05) is 0 Å². The molecule has 0 aromatic carbocycles. The highest BCUT2D eigenvalue weighted by molar-refractivity contribution is 7.84. The molecule has 0 saturated heterocycles. The Morgan fingerprint density at radius 2 is 1.83 bits per heavy atom. The van der Waals surface area contributed by atoms with Crippen molar-refractivity contribution in [3.05, 3.63) is 18.7 Å². The van der Waals surface area contributed by atoms with Crippen LogP contribution in [0.3, 0.4) is 0 Å². The standard InChI is InChI=1S/C11H21N2.CH4O3S/c1-3-5-6-7-8-13-10-9-12(4-2)11-13;1-5(2,3)4/h9-11H,3-8H2,1-2H3;1H3,(H,2,3,4)/q+1;/p-1. The van der Waals surface area contributed by atoms with Gasteiger partial charge >= 0.3 is 0 Å². The fourth-order valence-corrected chi connectivity index (χ4v) is 1.48. The van der Waals surface area contributed by atoms with Gasteiger partial charge in [0.05, 0.1) is 23.2 Å². The maximum absolute atomic E-state index is 9.08. The molecule has 0 radical (unpaired) electrons. The predicted octanol–water partition coefficient (Wildman–Crippen LogP) is 1.54. The number of hydrogen-bond donors (Lipinski definition) is 0. The Balaban J connectivity index is 0.000000494. The number of rotatable bonds is 6. The summed E-state index contributed by atoms with van der Waals surface area (Å²) in [6.07, 6.45) is 12.5. The molecule has 0 spiro atoms. The normalized spacial score (nSPS) is 10.9. The maximum Gasteiger partial charge on any atom is 0.243 e. The van der Waals surface area contributed by atoms with Crippen LogP contribution < -0.4 is 4.57 Å². The summed E-state index contributed by atoms with van der Waals surface area (Å²) >= 11 is 0. The van der Waals surface area contributed by atoms with Gasteiger partial charge in [0.15, 0.2) is 0 Å². The molecule has 0 aliphatic carbocycles. The molecule has 1 aromatic heterocycles. The average Bonchev–Trinajstić information content (AvgIpc) is 2.70. The highest BCUT2D eigenvalue weighted by Gasteiger charge is 2.00. The topological polar surface area (TPSA) is 66.0 Å². The minimum atomic E-state index is -3.92. The first-order valence-corrected chi connectivity index (χ1v) is 8.14. The first-order chi connectivity index (χ1) is 8.36. The van der Waals surface area contributed by atoms with Gasteiger partial charge in [-0.3, -0.25) is 0 Å². The molecule has 18 heavy (non-hydrogen) atoms. The zero-order chi connectivity index (χ0) is 14.0. The minimum absolute atomic E-state index is 0.604. The molecule has 0 N–H and O–H groups in total. The van der Waals surface area contributed by atoms with Crippen LogP contribution in [0, 0.1) is 0 Å². The van der Waals surface area contributed by atoms with E-state index in [-0.39, 0.29) is 0 Å². The number of aromatic nitrogens is 2. The van der Waals surface area contributed by atoms with Crippen molar-refractivity contribution in [2.75, 3.05) is 6.26 Å². The van der Waals surface area contributed by atoms with Gasteiger partial charge in [-0.05, 0) is 19.8 Å². The van der Waals surface area contributed by atoms with Crippen LogP contribution >= 0.6 is 0 Å². The zero-order valence-corrected chi connectivity index (χ0v) is 12.3. The SMILES string of the molecule is CCCCCC[n+]1ccn(CC)c1.CS(=O)(=O)[O-]. The monoisotopic (exact) mass is 276 g/mol. The summed E-state index contributed by atoms with van der Waals surface area (Å²) in [5.41, 5.74) is 0. The van der Waals surface area contributed by atoms with Crippen LogP contribution in [0.15, 0.2) is 18.7 Å². The molecule has 6 heteroatoms. The van der Waals surface area contributed by atoms with Crippen molar-refractivity contribution < 1.29 is 17.5 Å². The number of aryl methyl sites for hydroxylation is 2. The summed E-state index contributed by atoms with van der Waals surface area (Å²) < 4.78 is 31.7. The second-order valence-corrected chi connectivity index (χ2v) is 5.65. The minimum Gasteiger partial charge on any atom is -0.748 e. The highest BCUT2D eigenvalue weighted by atomic mass is 32.2. The van der Waals surface area contributed by atoms with Crippen LogP contribution in [-0.4, -0.2) is 23.8 Å². The van der Waals surface area contributed by atoms with Gasteiger partial charge in [-0.15, -0.1) is 0 Å². The molecule has 1 rings (SSSR count). The Kier molecular flexibility index (Phi) is 8.66. The van der Waals surface area contributed by atoms with Gasteiger partial charge in [0.25, 0.3) is 0 Å². The smallest absolute Gasteiger partial charge is 0.243 e. The lowest BCUT2D eigenvalue weighted by atomic mass is 10.2. The van der Waals surface area contributed by atoms with Crippen LogP contribution in [0.2, 0.25) is 0 Å². The number of imidazole rings is 1. The molecule has 0 unspecified atom stereocenters. The summed E-state index contributed by atoms with van der Waals surface area (Å²) in [6.45, 7) is 6.66. The average molecular weight is 276 g/mol. The summed E-state index contributed by atoms with van der Waals surface area (Å²) in [4.78, 5) is 0. The van der Waals surface area contributed by atoms with Crippen molar-refractivity contribution in [1.82, 2.24) is 4.57 Å². The van der Waals surface area contributed by atoms with Crippen molar-refractivity contribution in [2.24, 2.45) is 0 Å². The van der Waals surface area contributed by atoms with Crippen LogP contribution in [-0.2, 0) is 23.2 Å². The van der Waals surface area contributed by atoms with E-state index in [2.05, 4.69) is 41.7 Å². The maximum atomic E-state index is 9.08. The molecular formula is C12H24N2O3S. The van der Waals surface area contributed by atoms with Crippen LogP contribution in [0.4, 0.5) is 0 Å². The van der Waals surface area contributed by atoms with Gasteiger partial charge in [-0.1, -0.05) is 19.8 Å². The Morgan fingerprint density at radius 3 is 2.28 bits per heavy atom. The molecule has 5 nitrogen and oxygen atoms in total. The van der Waals surface area contributed by atoms with Crippen molar-refractivity contribution in [1.29, 1.82) is 0 Å². The van der Waals surface area contributed by atoms with Crippen molar-refractivity contribution >= 4 is 10.1 Å². The zero-order valence-electron chi connectivity index (χ0n) is 11.5. The fraction of sp³-hybridized carbons (Fsp3) is 0.750. The third kappa shape index (κ3) is 11.6. The van der Waals surface area contributed by atoms with E-state index in [1.165, 1.54) is 32.2 Å². The lowest BCUT2D eigenvalue weighted by molar-refractivity contribution is -0.696. The lowest BCUT2D eigenvalue weighted by Crippen LogP contribution is -2.30. The molecule has 0 atom stereocenters. The fourth-order valence-electron chi connectivity index (χ4n) is 1.48. The van der Waals surface area contributed by atoms with Crippen molar-refractivity contribution in [3.63, 3.8) is 0 Å². The van der Waals surface area contributed by atoms with E-state index in [0.29, 0.717) is 6.26 Å². The molecule has 0 aliphatic heterocycles. The Labute approximate surface area is 110 Å². The Morgan fingerprint density at radius 1 is 1.22 bits per heavy atom. The van der Waals surface area contributed by atoms with Gasteiger partial charge in [-0.2, -0.15) is 0 Å². The molecule has 1 aromatic rings. The van der Waals surface area contributed by atoms with E-state index >= 15 is 0 Å². The number of hydrogen-bond acceptors (Lipinski definition) is 3. The molecular weight excluding hydrogens is 252 g/mol. The summed E-state index contributed by atoms with van der Waals surface area (Å²) in [7, 11) is -3.92. The predicted molar refractivity (Wildman–Crippen MR) is 70.1 cm³/mol. The van der Waals surface area contributed by atoms with E-state index in [0.717, 1.165) is 6.54 Å². The highest BCUT2D eigenvalue weighted by Crippen LogP contribution is 1.98. The number of unbranched alkanes of at least 4 members (excludes halogenated alkanes) is 3.